The molecule has 0 aromatic carbocycles. The van der Waals surface area contributed by atoms with Crippen LogP contribution in [0.25, 0.3) is 5.65 Å². The Labute approximate surface area is 186 Å². The number of hydrogen-bond donors (Lipinski definition) is 2. The lowest BCUT2D eigenvalue weighted by Gasteiger charge is -2.48. The number of pyridine rings is 1. The molecule has 9 nitrogen and oxygen atoms in total. The van der Waals surface area contributed by atoms with E-state index in [1.165, 1.54) is 6.07 Å². The topological polar surface area (TPSA) is 119 Å². The molecule has 4 heterocycles. The zero-order chi connectivity index (χ0) is 25.1. The Morgan fingerprint density at radius 2 is 1.71 bits per heavy atom. The number of hydrogen-bond acceptors (Lipinski definition) is 6. The van der Waals surface area contributed by atoms with Crippen molar-refractivity contribution in [3.8, 4) is 0 Å². The number of nitrogens with zero attached hydrogens (tertiary/aromatic N) is 5. The fourth-order valence-electron chi connectivity index (χ4n) is 3.51. The lowest BCUT2D eigenvalue weighted by molar-refractivity contribution is -0.142. The summed E-state index contributed by atoms with van der Waals surface area (Å²) in [5, 5.41) is 11.0. The molecular weight excluding hydrogens is 499 g/mol. The van der Waals surface area contributed by atoms with E-state index < -0.39 is 56.6 Å². The van der Waals surface area contributed by atoms with Crippen LogP contribution in [0.2, 0.25) is 0 Å². The lowest BCUT2D eigenvalue weighted by atomic mass is 9.78. The predicted molar refractivity (Wildman–Crippen MR) is 102 cm³/mol. The molecule has 34 heavy (non-hydrogen) atoms. The second kappa shape index (κ2) is 7.74. The molecule has 1 fully saturated rings. The van der Waals surface area contributed by atoms with Crippen molar-refractivity contribution in [1.29, 1.82) is 0 Å². The lowest BCUT2D eigenvalue weighted by Crippen LogP contribution is -2.65. The van der Waals surface area contributed by atoms with Gasteiger partial charge in [-0.2, -0.15) is 48.7 Å². The third kappa shape index (κ3) is 4.49. The van der Waals surface area contributed by atoms with Crippen LogP contribution >= 0.6 is 0 Å². The van der Waals surface area contributed by atoms with E-state index in [1.807, 2.05) is 0 Å². The van der Waals surface area contributed by atoms with Gasteiger partial charge in [0.05, 0.1) is 17.3 Å². The fourth-order valence-corrected chi connectivity index (χ4v) is 4.36. The molecule has 0 spiro atoms. The van der Waals surface area contributed by atoms with Gasteiger partial charge >= 0.3 is 12.4 Å². The molecule has 0 amide bonds. The van der Waals surface area contributed by atoms with Crippen molar-refractivity contribution >= 4 is 21.7 Å². The second-order valence-corrected chi connectivity index (χ2v) is 9.18. The molecule has 0 atom stereocenters. The van der Waals surface area contributed by atoms with Crippen molar-refractivity contribution < 1.29 is 39.2 Å². The maximum Gasteiger partial charge on any atom is 0.435 e. The van der Waals surface area contributed by atoms with Crippen molar-refractivity contribution in [3.05, 3.63) is 53.4 Å². The molecule has 184 valence electrons. The summed E-state index contributed by atoms with van der Waals surface area (Å²) in [4.78, 5) is 7.13. The molecule has 1 aliphatic rings. The van der Waals surface area contributed by atoms with Crippen LogP contribution in [-0.2, 0) is 28.0 Å². The quantitative estimate of drug-likeness (QED) is 0.505. The van der Waals surface area contributed by atoms with Crippen molar-refractivity contribution in [1.82, 2.24) is 23.9 Å². The van der Waals surface area contributed by atoms with E-state index in [1.54, 1.807) is 0 Å². The Balaban J connectivity index is 1.73. The first-order valence-electron chi connectivity index (χ1n) is 9.28. The van der Waals surface area contributed by atoms with Crippen molar-refractivity contribution in [2.45, 2.75) is 17.8 Å². The number of nitrogens with one attached hydrogen (secondary N) is 1. The van der Waals surface area contributed by atoms with Gasteiger partial charge in [-0.25, -0.2) is 14.5 Å². The number of aromatic nitrogens is 4. The summed E-state index contributed by atoms with van der Waals surface area (Å²) >= 11 is 0. The van der Waals surface area contributed by atoms with E-state index in [9.17, 15) is 39.2 Å². The summed E-state index contributed by atoms with van der Waals surface area (Å²) in [6.45, 7) is -0.815. The molecule has 0 saturated carbocycles. The van der Waals surface area contributed by atoms with E-state index in [-0.39, 0.29) is 25.3 Å². The number of nitrogens with two attached hydrogens (primary N) is 1. The van der Waals surface area contributed by atoms with Crippen LogP contribution in [0.3, 0.4) is 0 Å². The smallest absolute Gasteiger partial charge is 0.369 e. The van der Waals surface area contributed by atoms with Gasteiger partial charge in [-0.15, -0.1) is 0 Å². The second-order valence-electron chi connectivity index (χ2n) is 7.63. The molecule has 17 heteroatoms. The van der Waals surface area contributed by atoms with Crippen molar-refractivity contribution in [2.75, 3.05) is 25.0 Å². The van der Waals surface area contributed by atoms with Gasteiger partial charge in [0.1, 0.15) is 11.6 Å². The normalized spacial score (nSPS) is 17.1. The van der Waals surface area contributed by atoms with Gasteiger partial charge in [-0.05, 0) is 12.1 Å². The SMILES string of the molecule is NS(=O)(=O)N1CC(CNc2cc(C(F)(F)F)nc3cc(C(F)(F)F)nn23)(c2ccc(F)cn2)C1. The molecule has 0 bridgehead atoms. The van der Waals surface area contributed by atoms with Gasteiger partial charge in [-0.3, -0.25) is 4.98 Å². The highest BCUT2D eigenvalue weighted by Gasteiger charge is 2.49. The van der Waals surface area contributed by atoms with Crippen molar-refractivity contribution in [3.63, 3.8) is 0 Å². The predicted octanol–water partition coefficient (Wildman–Crippen LogP) is 2.17. The maximum atomic E-state index is 13.3. The third-order valence-electron chi connectivity index (χ3n) is 5.20. The molecule has 3 aromatic rings. The van der Waals surface area contributed by atoms with Gasteiger partial charge < -0.3 is 5.32 Å². The van der Waals surface area contributed by atoms with Crippen LogP contribution in [0.4, 0.5) is 36.6 Å². The first kappa shape index (κ1) is 24.1. The Bertz CT molecular complexity index is 1330. The van der Waals surface area contributed by atoms with E-state index in [2.05, 4.69) is 20.4 Å². The Morgan fingerprint density at radius 1 is 1.06 bits per heavy atom. The minimum Gasteiger partial charge on any atom is -0.369 e. The summed E-state index contributed by atoms with van der Waals surface area (Å²) in [5.74, 6) is -1.17. The van der Waals surface area contributed by atoms with Gasteiger partial charge in [-0.1, -0.05) is 0 Å². The van der Waals surface area contributed by atoms with Crippen LogP contribution in [0.5, 0.6) is 0 Å². The average Bonchev–Trinajstić information content (AvgIpc) is 3.11. The van der Waals surface area contributed by atoms with Gasteiger partial charge in [0.15, 0.2) is 17.0 Å². The van der Waals surface area contributed by atoms with Gasteiger partial charge in [0.25, 0.3) is 10.2 Å². The van der Waals surface area contributed by atoms with Crippen LogP contribution in [0.15, 0.2) is 30.5 Å². The first-order chi connectivity index (χ1) is 15.6. The summed E-state index contributed by atoms with van der Waals surface area (Å²) in [7, 11) is -4.11. The van der Waals surface area contributed by atoms with Gasteiger partial charge in [0.2, 0.25) is 0 Å². The number of anilines is 1. The monoisotopic (exact) mass is 513 g/mol. The van der Waals surface area contributed by atoms with E-state index >= 15 is 0 Å². The van der Waals surface area contributed by atoms with Crippen LogP contribution in [0, 0.1) is 5.82 Å². The fraction of sp³-hybridized carbons (Fsp3) is 0.353. The van der Waals surface area contributed by atoms with Crippen LogP contribution in [-0.4, -0.2) is 51.9 Å². The van der Waals surface area contributed by atoms with E-state index in [0.29, 0.717) is 16.6 Å². The minimum absolute atomic E-state index is 0.194. The standard InChI is InChI=1S/C17H14F7N7O2S/c18-9-1-2-10(26-5-9)15(7-30(8-15)34(25,32)33)6-27-13-3-11(16(19,20)21)28-14-4-12(17(22,23)24)29-31(13)14/h1-5,27H,6-8H2,(H2,25,32,33). The highest BCUT2D eigenvalue weighted by Crippen LogP contribution is 2.37. The summed E-state index contributed by atoms with van der Waals surface area (Å²) in [5.41, 5.74) is -4.61. The van der Waals surface area contributed by atoms with E-state index in [0.717, 1.165) is 16.6 Å². The van der Waals surface area contributed by atoms with Gasteiger partial charge in [0, 0.05) is 31.8 Å². The molecular formula is C17H14F7N7O2S. The number of halogens is 7. The molecule has 3 aromatic heterocycles. The Kier molecular flexibility index (Phi) is 5.48. The largest absolute Gasteiger partial charge is 0.435 e. The molecule has 0 unspecified atom stereocenters. The van der Waals surface area contributed by atoms with Crippen LogP contribution < -0.4 is 10.5 Å². The van der Waals surface area contributed by atoms with Crippen molar-refractivity contribution in [2.24, 2.45) is 5.14 Å². The van der Waals surface area contributed by atoms with Crippen LogP contribution in [0.1, 0.15) is 17.1 Å². The molecule has 0 radical (unpaired) electrons. The Morgan fingerprint density at radius 3 is 2.24 bits per heavy atom. The minimum atomic E-state index is -4.97. The molecule has 1 saturated heterocycles. The Hall–Kier alpha value is -3.05. The summed E-state index contributed by atoms with van der Waals surface area (Å²) in [6, 6.07) is 3.15. The molecule has 4 rings (SSSR count). The molecule has 0 aliphatic carbocycles. The summed E-state index contributed by atoms with van der Waals surface area (Å²) < 4.78 is 117. The molecule has 3 N–H and O–H groups in total. The number of alkyl halides is 6. The van der Waals surface area contributed by atoms with E-state index in [4.69, 9.17) is 5.14 Å². The average molecular weight is 513 g/mol. The highest BCUT2D eigenvalue weighted by molar-refractivity contribution is 7.86. The highest BCUT2D eigenvalue weighted by atomic mass is 32.2. The zero-order valence-electron chi connectivity index (χ0n) is 16.7. The number of fused-ring (bicyclic) bond motifs is 1. The number of rotatable bonds is 5. The first-order valence-corrected chi connectivity index (χ1v) is 10.8. The maximum absolute atomic E-state index is 13.3. The third-order valence-corrected chi connectivity index (χ3v) is 6.18. The molecule has 1 aliphatic heterocycles. The summed E-state index contributed by atoms with van der Waals surface area (Å²) in [6.07, 6.45) is -9.04. The zero-order valence-corrected chi connectivity index (χ0v) is 17.5.